The van der Waals surface area contributed by atoms with E-state index in [-0.39, 0.29) is 11.9 Å². The number of tetrazole rings is 1. The van der Waals surface area contributed by atoms with E-state index in [0.717, 1.165) is 21.4 Å². The van der Waals surface area contributed by atoms with Crippen LogP contribution in [0.15, 0.2) is 36.4 Å². The number of aromatic nitrogens is 4. The van der Waals surface area contributed by atoms with Gasteiger partial charge in [0.15, 0.2) is 5.75 Å². The highest BCUT2D eigenvalue weighted by molar-refractivity contribution is 7.21. The van der Waals surface area contributed by atoms with Crippen molar-refractivity contribution in [1.82, 2.24) is 20.6 Å². The van der Waals surface area contributed by atoms with Gasteiger partial charge in [-0.1, -0.05) is 42.9 Å². The van der Waals surface area contributed by atoms with Crippen LogP contribution in [-0.2, 0) is 0 Å². The van der Waals surface area contributed by atoms with Crippen LogP contribution in [0.1, 0.15) is 65.2 Å². The third-order valence-electron chi connectivity index (χ3n) is 6.36. The number of thiophene rings is 1. The summed E-state index contributed by atoms with van der Waals surface area (Å²) in [5.74, 6) is 2.28. The predicted molar refractivity (Wildman–Crippen MR) is 132 cm³/mol. The van der Waals surface area contributed by atoms with E-state index in [0.29, 0.717) is 22.3 Å². The molecular formula is C25H27N5O3S. The van der Waals surface area contributed by atoms with E-state index in [1.165, 1.54) is 55.4 Å². The number of nitrogens with zero attached hydrogens (tertiary/aromatic N) is 3. The van der Waals surface area contributed by atoms with Crippen molar-refractivity contribution in [2.75, 3.05) is 12.4 Å². The number of hydrogen-bond acceptors (Lipinski definition) is 7. The van der Waals surface area contributed by atoms with Crippen LogP contribution in [0.4, 0.5) is 5.95 Å². The van der Waals surface area contributed by atoms with E-state index >= 15 is 0 Å². The lowest BCUT2D eigenvalue weighted by Gasteiger charge is -2.15. The Morgan fingerprint density at radius 1 is 1.12 bits per heavy atom. The van der Waals surface area contributed by atoms with Crippen molar-refractivity contribution < 1.29 is 14.3 Å². The Morgan fingerprint density at radius 3 is 2.56 bits per heavy atom. The first kappa shape index (κ1) is 22.3. The summed E-state index contributed by atoms with van der Waals surface area (Å²) in [4.78, 5) is 13.5. The monoisotopic (exact) mass is 477 g/mol. The molecule has 2 aromatic carbocycles. The molecule has 2 aromatic heterocycles. The Bertz CT molecular complexity index is 1280. The molecule has 0 spiro atoms. The van der Waals surface area contributed by atoms with Gasteiger partial charge in [0.2, 0.25) is 0 Å². The highest BCUT2D eigenvalue weighted by Gasteiger charge is 2.23. The number of fused-ring (bicyclic) bond motifs is 1. The largest absolute Gasteiger partial charge is 0.496 e. The van der Waals surface area contributed by atoms with Crippen molar-refractivity contribution in [3.63, 3.8) is 0 Å². The first-order valence-corrected chi connectivity index (χ1v) is 12.4. The number of benzene rings is 2. The van der Waals surface area contributed by atoms with Gasteiger partial charge >= 0.3 is 0 Å². The summed E-state index contributed by atoms with van der Waals surface area (Å²) in [6.07, 6.45) is 7.75. The molecule has 4 aromatic rings. The first-order valence-electron chi connectivity index (χ1n) is 11.6. The maximum Gasteiger partial charge on any atom is 0.272 e. The van der Waals surface area contributed by atoms with E-state index in [1.807, 2.05) is 31.2 Å². The van der Waals surface area contributed by atoms with Crippen LogP contribution >= 0.6 is 11.3 Å². The van der Waals surface area contributed by atoms with Crippen LogP contribution in [0.2, 0.25) is 0 Å². The minimum Gasteiger partial charge on any atom is -0.496 e. The van der Waals surface area contributed by atoms with Crippen LogP contribution in [0, 0.1) is 6.92 Å². The SMILES string of the molecule is COc1cc2c(Oc3ccc(C4CCCCCC4)cc3)c(C(=O)Nc3nn[nH]n3)sc2cc1C. The number of carbonyl (C=O) groups excluding carboxylic acids is 1. The van der Waals surface area contributed by atoms with Crippen molar-refractivity contribution in [2.24, 2.45) is 0 Å². The van der Waals surface area contributed by atoms with Crippen molar-refractivity contribution >= 4 is 33.3 Å². The van der Waals surface area contributed by atoms with Crippen LogP contribution in [-0.4, -0.2) is 33.6 Å². The van der Waals surface area contributed by atoms with Gasteiger partial charge in [-0.2, -0.15) is 5.21 Å². The maximum absolute atomic E-state index is 13.1. The Balaban J connectivity index is 1.48. The summed E-state index contributed by atoms with van der Waals surface area (Å²) in [5, 5.41) is 17.0. The van der Waals surface area contributed by atoms with E-state index in [2.05, 4.69) is 38.1 Å². The molecule has 34 heavy (non-hydrogen) atoms. The van der Waals surface area contributed by atoms with Gasteiger partial charge in [0.05, 0.1) is 7.11 Å². The summed E-state index contributed by atoms with van der Waals surface area (Å²) in [5.41, 5.74) is 2.34. The van der Waals surface area contributed by atoms with Crippen molar-refractivity contribution in [3.05, 3.63) is 52.4 Å². The number of nitrogens with one attached hydrogen (secondary N) is 2. The average molecular weight is 478 g/mol. The fourth-order valence-corrected chi connectivity index (χ4v) is 5.69. The molecule has 9 heteroatoms. The molecule has 0 unspecified atom stereocenters. The van der Waals surface area contributed by atoms with Gasteiger partial charge in [-0.3, -0.25) is 10.1 Å². The molecule has 0 aliphatic heterocycles. The van der Waals surface area contributed by atoms with E-state index in [4.69, 9.17) is 9.47 Å². The fraction of sp³-hybridized carbons (Fsp3) is 0.360. The van der Waals surface area contributed by atoms with Gasteiger partial charge in [0.1, 0.15) is 16.4 Å². The molecule has 176 valence electrons. The third kappa shape index (κ3) is 4.61. The molecule has 1 amide bonds. The summed E-state index contributed by atoms with van der Waals surface area (Å²) in [6.45, 7) is 1.98. The molecule has 2 N–H and O–H groups in total. The van der Waals surface area contributed by atoms with Crippen LogP contribution in [0.5, 0.6) is 17.2 Å². The minimum absolute atomic E-state index is 0.106. The molecule has 0 saturated heterocycles. The summed E-state index contributed by atoms with van der Waals surface area (Å²) in [7, 11) is 1.64. The number of rotatable bonds is 6. The number of anilines is 1. The second kappa shape index (κ2) is 9.80. The maximum atomic E-state index is 13.1. The van der Waals surface area contributed by atoms with Crippen LogP contribution < -0.4 is 14.8 Å². The van der Waals surface area contributed by atoms with E-state index < -0.39 is 0 Å². The van der Waals surface area contributed by atoms with Gasteiger partial charge < -0.3 is 9.47 Å². The number of aromatic amines is 1. The standard InChI is InChI=1S/C25H27N5O3S/c1-15-13-21-19(14-20(15)32-2)22(23(34-21)24(31)26-25-27-29-30-28-25)33-18-11-9-17(10-12-18)16-7-5-3-4-6-8-16/h9-14,16H,3-8H2,1-2H3,(H2,26,27,28,29,30,31). The fourth-order valence-electron chi connectivity index (χ4n) is 4.58. The van der Waals surface area contributed by atoms with Gasteiger partial charge in [0.25, 0.3) is 11.9 Å². The Labute approximate surface area is 201 Å². The second-order valence-electron chi connectivity index (χ2n) is 8.63. The molecular weight excluding hydrogens is 450 g/mol. The molecule has 5 rings (SSSR count). The molecule has 1 saturated carbocycles. The number of methoxy groups -OCH3 is 1. The quantitative estimate of drug-likeness (QED) is 0.320. The van der Waals surface area contributed by atoms with Gasteiger partial charge in [-0.05, 0) is 66.3 Å². The lowest BCUT2D eigenvalue weighted by molar-refractivity contribution is 0.102. The van der Waals surface area contributed by atoms with E-state index in [1.54, 1.807) is 7.11 Å². The average Bonchev–Trinajstić information content (AvgIpc) is 3.37. The van der Waals surface area contributed by atoms with Crippen molar-refractivity contribution in [2.45, 2.75) is 51.4 Å². The smallest absolute Gasteiger partial charge is 0.272 e. The predicted octanol–water partition coefficient (Wildman–Crippen LogP) is 6.21. The molecule has 2 heterocycles. The number of amides is 1. The van der Waals surface area contributed by atoms with E-state index in [9.17, 15) is 4.79 Å². The molecule has 1 aliphatic carbocycles. The molecule has 1 aliphatic rings. The number of hydrogen-bond donors (Lipinski definition) is 2. The summed E-state index contributed by atoms with van der Waals surface area (Å²) >= 11 is 1.36. The molecule has 8 nitrogen and oxygen atoms in total. The molecule has 0 radical (unpaired) electrons. The Morgan fingerprint density at radius 2 is 1.88 bits per heavy atom. The third-order valence-corrected chi connectivity index (χ3v) is 7.50. The topological polar surface area (TPSA) is 102 Å². The molecule has 1 fully saturated rings. The highest BCUT2D eigenvalue weighted by atomic mass is 32.1. The lowest BCUT2D eigenvalue weighted by atomic mass is 9.92. The number of aryl methyl sites for hydroxylation is 1. The van der Waals surface area contributed by atoms with Gasteiger partial charge in [0, 0.05) is 10.1 Å². The Hall–Kier alpha value is -3.46. The zero-order valence-electron chi connectivity index (χ0n) is 19.3. The number of carbonyl (C=O) groups is 1. The minimum atomic E-state index is -0.357. The van der Waals surface area contributed by atoms with Gasteiger partial charge in [-0.15, -0.1) is 16.4 Å². The normalized spacial score (nSPS) is 14.6. The van der Waals surface area contributed by atoms with Crippen LogP contribution in [0.3, 0.4) is 0 Å². The first-order chi connectivity index (χ1) is 16.6. The Kier molecular flexibility index (Phi) is 6.44. The van der Waals surface area contributed by atoms with Crippen LogP contribution in [0.25, 0.3) is 10.1 Å². The van der Waals surface area contributed by atoms with Crippen molar-refractivity contribution in [1.29, 1.82) is 0 Å². The summed E-state index contributed by atoms with van der Waals surface area (Å²) < 4.78 is 12.8. The molecule has 0 bridgehead atoms. The molecule has 0 atom stereocenters. The number of ether oxygens (including phenoxy) is 2. The zero-order chi connectivity index (χ0) is 23.5. The summed E-state index contributed by atoms with van der Waals surface area (Å²) in [6, 6.07) is 12.2. The number of H-pyrrole nitrogens is 1. The zero-order valence-corrected chi connectivity index (χ0v) is 20.1. The van der Waals surface area contributed by atoms with Gasteiger partial charge in [-0.25, -0.2) is 0 Å². The highest BCUT2D eigenvalue weighted by Crippen LogP contribution is 2.43. The second-order valence-corrected chi connectivity index (χ2v) is 9.68. The van der Waals surface area contributed by atoms with Crippen molar-refractivity contribution in [3.8, 4) is 17.2 Å². The lowest BCUT2D eigenvalue weighted by Crippen LogP contribution is -2.12.